The number of methoxy groups -OCH3 is 1. The van der Waals surface area contributed by atoms with Gasteiger partial charge in [-0.1, -0.05) is 0 Å². The van der Waals surface area contributed by atoms with Gasteiger partial charge < -0.3 is 19.7 Å². The number of carbonyl (C=O) groups excluding carboxylic acids is 2. The molecule has 0 saturated carbocycles. The summed E-state index contributed by atoms with van der Waals surface area (Å²) < 4.78 is 12.3. The number of hydrogen-bond acceptors (Lipinski definition) is 5. The van der Waals surface area contributed by atoms with E-state index in [4.69, 9.17) is 9.47 Å². The van der Waals surface area contributed by atoms with E-state index in [1.54, 1.807) is 22.8 Å². The predicted molar refractivity (Wildman–Crippen MR) is 90.4 cm³/mol. The minimum absolute atomic E-state index is 0.0405. The third-order valence-corrected chi connectivity index (χ3v) is 4.90. The normalized spacial score (nSPS) is 21.4. The maximum Gasteiger partial charge on any atom is 0.260 e. The Morgan fingerprint density at radius 1 is 1.36 bits per heavy atom. The maximum absolute atomic E-state index is 12.6. The van der Waals surface area contributed by atoms with E-state index in [0.717, 1.165) is 19.4 Å². The summed E-state index contributed by atoms with van der Waals surface area (Å²) in [4.78, 5) is 26.7. The van der Waals surface area contributed by atoms with Gasteiger partial charge in [0.15, 0.2) is 0 Å². The summed E-state index contributed by atoms with van der Waals surface area (Å²) in [6.07, 6.45) is 5.25. The molecule has 0 aliphatic carbocycles. The van der Waals surface area contributed by atoms with Gasteiger partial charge in [0, 0.05) is 45.4 Å². The lowest BCUT2D eigenvalue weighted by molar-refractivity contribution is -0.126. The summed E-state index contributed by atoms with van der Waals surface area (Å²) in [5.74, 6) is 0.273. The molecule has 138 valence electrons. The van der Waals surface area contributed by atoms with Crippen LogP contribution >= 0.6 is 0 Å². The number of amides is 2. The van der Waals surface area contributed by atoms with Gasteiger partial charge in [-0.15, -0.1) is 5.10 Å². The van der Waals surface area contributed by atoms with Gasteiger partial charge in [0.25, 0.3) is 5.91 Å². The highest BCUT2D eigenvalue weighted by atomic mass is 16.5. The van der Waals surface area contributed by atoms with Gasteiger partial charge in [0.2, 0.25) is 11.8 Å². The highest BCUT2D eigenvalue weighted by Gasteiger charge is 2.30. The van der Waals surface area contributed by atoms with Gasteiger partial charge in [-0.2, -0.15) is 0 Å². The average molecular weight is 350 g/mol. The Kier molecular flexibility index (Phi) is 5.57. The van der Waals surface area contributed by atoms with Gasteiger partial charge in [0.1, 0.15) is 5.56 Å². The van der Waals surface area contributed by atoms with Gasteiger partial charge >= 0.3 is 0 Å². The molecule has 1 N–H and O–H groups in total. The van der Waals surface area contributed by atoms with E-state index in [0.29, 0.717) is 43.9 Å². The van der Waals surface area contributed by atoms with E-state index >= 15 is 0 Å². The van der Waals surface area contributed by atoms with Crippen LogP contribution in [0.1, 0.15) is 36.0 Å². The van der Waals surface area contributed by atoms with Crippen LogP contribution in [0.3, 0.4) is 0 Å². The minimum atomic E-state index is -0.0943. The molecule has 25 heavy (non-hydrogen) atoms. The molecule has 8 nitrogen and oxygen atoms in total. The fraction of sp³-hybridized carbons (Fsp3) is 0.706. The number of carbonyl (C=O) groups is 2. The van der Waals surface area contributed by atoms with Crippen LogP contribution in [0, 0.1) is 5.92 Å². The van der Waals surface area contributed by atoms with Gasteiger partial charge in [0.05, 0.1) is 13.2 Å². The van der Waals surface area contributed by atoms with Crippen LogP contribution < -0.4 is 10.1 Å². The Labute approximate surface area is 147 Å². The van der Waals surface area contributed by atoms with Crippen LogP contribution in [-0.2, 0) is 16.6 Å². The van der Waals surface area contributed by atoms with Crippen LogP contribution in [0.15, 0.2) is 6.20 Å². The van der Waals surface area contributed by atoms with Gasteiger partial charge in [-0.3, -0.25) is 14.3 Å². The van der Waals surface area contributed by atoms with Crippen LogP contribution in [0.4, 0.5) is 0 Å². The molecule has 0 spiro atoms. The average Bonchev–Trinajstić information content (AvgIpc) is 3.28. The molecule has 3 rings (SSSR count). The van der Waals surface area contributed by atoms with Crippen molar-refractivity contribution in [3.63, 3.8) is 0 Å². The molecule has 0 radical (unpaired) electrons. The lowest BCUT2D eigenvalue weighted by atomic mass is 9.95. The van der Waals surface area contributed by atoms with Crippen LogP contribution in [0.5, 0.6) is 5.88 Å². The molecule has 1 aromatic rings. The number of nitrogens with zero attached hydrogens (tertiary/aromatic N) is 3. The highest BCUT2D eigenvalue weighted by molar-refractivity contribution is 5.96. The molecular weight excluding hydrogens is 324 g/mol. The zero-order valence-corrected chi connectivity index (χ0v) is 14.9. The van der Waals surface area contributed by atoms with Crippen LogP contribution in [0.25, 0.3) is 0 Å². The second-order valence-electron chi connectivity index (χ2n) is 6.67. The quantitative estimate of drug-likeness (QED) is 0.839. The second kappa shape index (κ2) is 7.86. The van der Waals surface area contributed by atoms with Crippen molar-refractivity contribution in [3.8, 4) is 5.88 Å². The third kappa shape index (κ3) is 4.12. The molecule has 3 heterocycles. The van der Waals surface area contributed by atoms with Crippen molar-refractivity contribution in [2.75, 3.05) is 33.4 Å². The Balaban J connectivity index is 1.49. The number of ether oxygens (including phenoxy) is 2. The molecule has 2 amide bonds. The summed E-state index contributed by atoms with van der Waals surface area (Å²) in [6.45, 7) is 2.51. The summed E-state index contributed by atoms with van der Waals surface area (Å²) >= 11 is 0. The summed E-state index contributed by atoms with van der Waals surface area (Å²) in [5.41, 5.74) is 0.464. The van der Waals surface area contributed by atoms with Crippen molar-refractivity contribution in [3.05, 3.63) is 11.8 Å². The fourth-order valence-electron chi connectivity index (χ4n) is 3.44. The Hall–Kier alpha value is -2.09. The maximum atomic E-state index is 12.6. The third-order valence-electron chi connectivity index (χ3n) is 4.90. The fourth-order valence-corrected chi connectivity index (χ4v) is 3.44. The second-order valence-corrected chi connectivity index (χ2v) is 6.67. The summed E-state index contributed by atoms with van der Waals surface area (Å²) in [7, 11) is 3.26. The van der Waals surface area contributed by atoms with E-state index in [-0.39, 0.29) is 23.8 Å². The van der Waals surface area contributed by atoms with E-state index in [1.807, 2.05) is 0 Å². The van der Waals surface area contributed by atoms with Crippen molar-refractivity contribution in [1.82, 2.24) is 20.0 Å². The molecule has 2 fully saturated rings. The van der Waals surface area contributed by atoms with Gasteiger partial charge in [-0.25, -0.2) is 0 Å². The molecule has 0 bridgehead atoms. The zero-order chi connectivity index (χ0) is 17.8. The van der Waals surface area contributed by atoms with Crippen molar-refractivity contribution >= 4 is 11.8 Å². The largest absolute Gasteiger partial charge is 0.479 e. The van der Waals surface area contributed by atoms with Crippen LogP contribution in [-0.4, -0.2) is 65.9 Å². The number of hydrogen-bond donors (Lipinski definition) is 1. The highest BCUT2D eigenvalue weighted by Crippen LogP contribution is 2.23. The van der Waals surface area contributed by atoms with E-state index < -0.39 is 0 Å². The van der Waals surface area contributed by atoms with Crippen molar-refractivity contribution in [1.29, 1.82) is 0 Å². The van der Waals surface area contributed by atoms with E-state index in [1.165, 1.54) is 7.11 Å². The van der Waals surface area contributed by atoms with Crippen LogP contribution in [0.2, 0.25) is 0 Å². The topological polar surface area (TPSA) is 85.7 Å². The lowest BCUT2D eigenvalue weighted by Gasteiger charge is -2.31. The summed E-state index contributed by atoms with van der Waals surface area (Å²) in [6, 6.07) is 0. The Morgan fingerprint density at radius 2 is 2.12 bits per heavy atom. The van der Waals surface area contributed by atoms with E-state index in [2.05, 4.69) is 10.4 Å². The number of aromatic nitrogens is 2. The van der Waals surface area contributed by atoms with Crippen molar-refractivity contribution in [2.24, 2.45) is 13.0 Å². The van der Waals surface area contributed by atoms with Crippen molar-refractivity contribution < 1.29 is 19.1 Å². The molecule has 2 aliphatic rings. The predicted octanol–water partition coefficient (Wildman–Crippen LogP) is 0.576. The summed E-state index contributed by atoms with van der Waals surface area (Å²) in [5, 5.41) is 7.11. The molecular formula is C17H26N4O4. The molecule has 2 aliphatic heterocycles. The Morgan fingerprint density at radius 3 is 2.76 bits per heavy atom. The molecule has 2 saturated heterocycles. The number of piperidine rings is 1. The molecule has 1 aromatic heterocycles. The number of nitrogens with one attached hydrogen (secondary N) is 1. The molecule has 0 aromatic carbocycles. The molecule has 1 atom stereocenters. The first-order chi connectivity index (χ1) is 12.1. The number of rotatable bonds is 5. The first-order valence-electron chi connectivity index (χ1n) is 8.84. The lowest BCUT2D eigenvalue weighted by Crippen LogP contribution is -2.44. The number of likely N-dealkylation sites (tertiary alicyclic amines) is 1. The van der Waals surface area contributed by atoms with Gasteiger partial charge in [-0.05, 0) is 25.7 Å². The number of aryl methyl sites for hydroxylation is 1. The monoisotopic (exact) mass is 350 g/mol. The molecule has 8 heteroatoms. The minimum Gasteiger partial charge on any atom is -0.479 e. The SMILES string of the molecule is COc1nn(C)cc1C(=O)N1CCC(C(=O)NC[C@@H]2CCCO2)CC1. The first-order valence-corrected chi connectivity index (χ1v) is 8.84. The smallest absolute Gasteiger partial charge is 0.260 e. The zero-order valence-electron chi connectivity index (χ0n) is 14.9. The van der Waals surface area contributed by atoms with Crippen molar-refractivity contribution in [2.45, 2.75) is 31.8 Å². The van der Waals surface area contributed by atoms with E-state index in [9.17, 15) is 9.59 Å². The molecule has 0 unspecified atom stereocenters. The Bertz CT molecular complexity index is 616. The standard InChI is InChI=1S/C17H26N4O4/c1-20-11-14(16(19-20)24-2)17(23)21-7-5-12(6-8-21)15(22)18-10-13-4-3-9-25-13/h11-13H,3-10H2,1-2H3,(H,18,22)/t13-/m0/s1. The first kappa shape index (κ1) is 17.7.